The number of benzene rings is 1. The van der Waals surface area contributed by atoms with Gasteiger partial charge in [-0.1, -0.05) is 38.1 Å². The largest absolute Gasteiger partial charge is 0.507 e. The molecular weight excluding hydrogens is 240 g/mol. The Balaban J connectivity index is 2.53. The summed E-state index contributed by atoms with van der Waals surface area (Å²) in [6, 6.07) is 7.03. The van der Waals surface area contributed by atoms with Crippen LogP contribution in [0.5, 0.6) is 0 Å². The van der Waals surface area contributed by atoms with Crippen LogP contribution in [-0.4, -0.2) is 16.0 Å². The topological polar surface area (TPSA) is 57.5 Å². The number of carbonyl (C=O) groups excluding carboxylic acids is 1. The second-order valence-corrected chi connectivity index (χ2v) is 5.64. The van der Waals surface area contributed by atoms with E-state index in [0.717, 1.165) is 6.42 Å². The van der Waals surface area contributed by atoms with Gasteiger partial charge in [0.1, 0.15) is 5.76 Å². The van der Waals surface area contributed by atoms with Gasteiger partial charge < -0.3 is 10.2 Å². The van der Waals surface area contributed by atoms with Crippen LogP contribution in [0.3, 0.4) is 0 Å². The minimum atomic E-state index is -1.50. The van der Waals surface area contributed by atoms with Crippen LogP contribution >= 0.6 is 0 Å². The Morgan fingerprint density at radius 3 is 2.53 bits per heavy atom. The second-order valence-electron chi connectivity index (χ2n) is 5.64. The van der Waals surface area contributed by atoms with Gasteiger partial charge >= 0.3 is 0 Å². The lowest BCUT2D eigenvalue weighted by Gasteiger charge is -2.33. The molecule has 2 rings (SSSR count). The molecule has 0 amide bonds. The van der Waals surface area contributed by atoms with Crippen molar-refractivity contribution in [2.75, 3.05) is 0 Å². The lowest BCUT2D eigenvalue weighted by Crippen LogP contribution is -2.40. The van der Waals surface area contributed by atoms with E-state index in [9.17, 15) is 15.0 Å². The third kappa shape index (κ3) is 2.19. The zero-order valence-corrected chi connectivity index (χ0v) is 11.6. The Hall–Kier alpha value is -1.61. The summed E-state index contributed by atoms with van der Waals surface area (Å²) in [5, 5.41) is 20.9. The summed E-state index contributed by atoms with van der Waals surface area (Å²) >= 11 is 0. The van der Waals surface area contributed by atoms with Gasteiger partial charge in [-0.05, 0) is 25.7 Å². The van der Waals surface area contributed by atoms with Crippen molar-refractivity contribution < 1.29 is 15.0 Å². The van der Waals surface area contributed by atoms with Crippen LogP contribution in [0.1, 0.15) is 44.7 Å². The Labute approximate surface area is 113 Å². The first-order chi connectivity index (χ1) is 8.88. The van der Waals surface area contributed by atoms with E-state index in [-0.39, 0.29) is 17.1 Å². The summed E-state index contributed by atoms with van der Waals surface area (Å²) in [5.41, 5.74) is -0.184. The molecule has 0 radical (unpaired) electrons. The third-order valence-corrected chi connectivity index (χ3v) is 3.78. The van der Waals surface area contributed by atoms with Crippen molar-refractivity contribution in [3.63, 3.8) is 0 Å². The van der Waals surface area contributed by atoms with E-state index in [1.807, 2.05) is 0 Å². The summed E-state index contributed by atoms with van der Waals surface area (Å²) in [5.74, 6) is 0.00275. The maximum atomic E-state index is 12.4. The van der Waals surface area contributed by atoms with Crippen molar-refractivity contribution in [2.24, 2.45) is 5.92 Å². The van der Waals surface area contributed by atoms with E-state index in [1.165, 1.54) is 0 Å². The molecule has 0 aliphatic heterocycles. The predicted molar refractivity (Wildman–Crippen MR) is 74.6 cm³/mol. The Morgan fingerprint density at radius 1 is 1.26 bits per heavy atom. The smallest absolute Gasteiger partial charge is 0.198 e. The van der Waals surface area contributed by atoms with Crippen molar-refractivity contribution in [3.8, 4) is 0 Å². The van der Waals surface area contributed by atoms with Gasteiger partial charge in [0, 0.05) is 16.7 Å². The molecule has 2 N–H and O–H groups in total. The van der Waals surface area contributed by atoms with Crippen molar-refractivity contribution in [3.05, 3.63) is 41.0 Å². The molecule has 1 aromatic rings. The van der Waals surface area contributed by atoms with E-state index < -0.39 is 5.60 Å². The van der Waals surface area contributed by atoms with Crippen molar-refractivity contribution in [2.45, 2.75) is 39.2 Å². The molecule has 1 aliphatic carbocycles. The van der Waals surface area contributed by atoms with E-state index >= 15 is 0 Å². The Morgan fingerprint density at radius 2 is 1.89 bits per heavy atom. The highest BCUT2D eigenvalue weighted by Gasteiger charge is 2.44. The predicted octanol–water partition coefficient (Wildman–Crippen LogP) is 3.18. The summed E-state index contributed by atoms with van der Waals surface area (Å²) in [6.07, 6.45) is 1.13. The average Bonchev–Trinajstić information content (AvgIpc) is 2.41. The van der Waals surface area contributed by atoms with E-state index in [0.29, 0.717) is 23.5 Å². The molecule has 19 heavy (non-hydrogen) atoms. The first-order valence-corrected chi connectivity index (χ1v) is 6.65. The second kappa shape index (κ2) is 4.82. The minimum Gasteiger partial charge on any atom is -0.507 e. The highest BCUT2D eigenvalue weighted by atomic mass is 16.3. The zero-order chi connectivity index (χ0) is 14.2. The molecule has 0 bridgehead atoms. The molecule has 3 heteroatoms. The molecule has 0 saturated carbocycles. The Bertz CT molecular complexity index is 543. The highest BCUT2D eigenvalue weighted by Crippen LogP contribution is 2.40. The number of carbonyl (C=O) groups is 1. The summed E-state index contributed by atoms with van der Waals surface area (Å²) in [7, 11) is 0. The van der Waals surface area contributed by atoms with Gasteiger partial charge in [0.05, 0.1) is 0 Å². The maximum Gasteiger partial charge on any atom is 0.198 e. The fourth-order valence-electron chi connectivity index (χ4n) is 2.54. The van der Waals surface area contributed by atoms with Crippen molar-refractivity contribution in [1.29, 1.82) is 0 Å². The third-order valence-electron chi connectivity index (χ3n) is 3.78. The molecule has 0 fully saturated rings. The minimum absolute atomic E-state index is 0.0187. The summed E-state index contributed by atoms with van der Waals surface area (Å²) in [6.45, 7) is 5.68. The number of rotatable bonds is 3. The normalized spacial score (nSPS) is 22.9. The highest BCUT2D eigenvalue weighted by molar-refractivity contribution is 6.09. The fraction of sp³-hybridized carbons (Fsp3) is 0.438. The van der Waals surface area contributed by atoms with Crippen molar-refractivity contribution in [1.82, 2.24) is 0 Å². The fourth-order valence-corrected chi connectivity index (χ4v) is 2.54. The van der Waals surface area contributed by atoms with Crippen LogP contribution < -0.4 is 0 Å². The van der Waals surface area contributed by atoms with Crippen LogP contribution in [0.4, 0.5) is 0 Å². The zero-order valence-electron chi connectivity index (χ0n) is 11.6. The number of aliphatic hydroxyl groups excluding tert-OH is 1. The molecule has 1 aromatic carbocycles. The molecule has 0 aromatic heterocycles. The first kappa shape index (κ1) is 13.8. The van der Waals surface area contributed by atoms with Gasteiger partial charge in [-0.15, -0.1) is 0 Å². The first-order valence-electron chi connectivity index (χ1n) is 6.65. The van der Waals surface area contributed by atoms with Gasteiger partial charge in [0.2, 0.25) is 0 Å². The lowest BCUT2D eigenvalue weighted by molar-refractivity contribution is -0.135. The molecule has 3 nitrogen and oxygen atoms in total. The van der Waals surface area contributed by atoms with Gasteiger partial charge in [0.25, 0.3) is 0 Å². The van der Waals surface area contributed by atoms with Gasteiger partial charge in [-0.2, -0.15) is 0 Å². The molecule has 0 saturated heterocycles. The number of Topliss-reactive ketones (excluding diaryl/α,β-unsaturated/α-hetero) is 1. The monoisotopic (exact) mass is 260 g/mol. The van der Waals surface area contributed by atoms with Crippen LogP contribution in [-0.2, 0) is 10.4 Å². The standard InChI is InChI=1S/C16H20O3/c1-10(2)8-9-16(19)13-7-5-4-6-12(13)14(17)11(3)15(16)18/h4-7,10,17,19H,8-9H2,1-3H3. The van der Waals surface area contributed by atoms with E-state index in [2.05, 4.69) is 13.8 Å². The molecule has 1 unspecified atom stereocenters. The molecule has 1 atom stereocenters. The van der Waals surface area contributed by atoms with Gasteiger partial charge in [0.15, 0.2) is 11.4 Å². The average molecular weight is 260 g/mol. The number of fused-ring (bicyclic) bond motifs is 1. The number of ketones is 1. The molecule has 0 heterocycles. The van der Waals surface area contributed by atoms with Crippen LogP contribution in [0, 0.1) is 5.92 Å². The quantitative estimate of drug-likeness (QED) is 0.877. The van der Waals surface area contributed by atoms with Crippen LogP contribution in [0.15, 0.2) is 29.8 Å². The number of hydrogen-bond donors (Lipinski definition) is 2. The molecule has 0 spiro atoms. The van der Waals surface area contributed by atoms with Gasteiger partial charge in [-0.3, -0.25) is 4.79 Å². The molecule has 1 aliphatic rings. The summed E-state index contributed by atoms with van der Waals surface area (Å²) < 4.78 is 0. The van der Waals surface area contributed by atoms with Gasteiger partial charge in [-0.25, -0.2) is 0 Å². The number of hydrogen-bond acceptors (Lipinski definition) is 3. The SMILES string of the molecule is CC1=C(O)c2ccccc2C(O)(CCC(C)C)C1=O. The molecular formula is C16H20O3. The molecule has 102 valence electrons. The summed E-state index contributed by atoms with van der Waals surface area (Å²) in [4.78, 5) is 12.4. The van der Waals surface area contributed by atoms with Crippen LogP contribution in [0.2, 0.25) is 0 Å². The van der Waals surface area contributed by atoms with E-state index in [4.69, 9.17) is 0 Å². The van der Waals surface area contributed by atoms with Crippen molar-refractivity contribution >= 4 is 11.5 Å². The number of aliphatic hydroxyl groups is 2. The maximum absolute atomic E-state index is 12.4. The van der Waals surface area contributed by atoms with E-state index in [1.54, 1.807) is 31.2 Å². The lowest BCUT2D eigenvalue weighted by atomic mass is 9.74. The Kier molecular flexibility index (Phi) is 3.50. The van der Waals surface area contributed by atoms with Crippen LogP contribution in [0.25, 0.3) is 5.76 Å².